The van der Waals surface area contributed by atoms with Gasteiger partial charge in [-0.05, 0) is 113 Å². The number of hydrogen-bond donors (Lipinski definition) is 2. The van der Waals surface area contributed by atoms with Crippen LogP contribution in [0.4, 0.5) is 0 Å². The molecule has 0 heterocycles. The van der Waals surface area contributed by atoms with Gasteiger partial charge in [0.1, 0.15) is 11.5 Å². The molecule has 3 aromatic rings. The highest BCUT2D eigenvalue weighted by Gasteiger charge is 2.15. The number of benzene rings is 3. The monoisotopic (exact) mass is 388 g/mol. The van der Waals surface area contributed by atoms with Crippen LogP contribution in [0.2, 0.25) is 0 Å². The Morgan fingerprint density at radius 3 is 1.52 bits per heavy atom. The molecule has 0 saturated heterocycles. The van der Waals surface area contributed by atoms with Gasteiger partial charge in [-0.25, -0.2) is 0 Å². The van der Waals surface area contributed by atoms with Crippen LogP contribution in [0.15, 0.2) is 42.5 Å². The summed E-state index contributed by atoms with van der Waals surface area (Å²) >= 11 is 0. The van der Waals surface area contributed by atoms with Crippen molar-refractivity contribution in [1.82, 2.24) is 0 Å². The number of phenols is 2. The number of hydrogen-bond acceptors (Lipinski definition) is 2. The first-order valence-electron chi connectivity index (χ1n) is 10.4. The molecule has 3 aromatic carbocycles. The number of aromatic hydroxyl groups is 2. The highest BCUT2D eigenvalue weighted by atomic mass is 16.3. The summed E-state index contributed by atoms with van der Waals surface area (Å²) in [5.74, 6) is 1.24. The van der Waals surface area contributed by atoms with E-state index < -0.39 is 0 Å². The quantitative estimate of drug-likeness (QED) is 0.483. The second-order valence-electron chi connectivity index (χ2n) is 8.79. The third kappa shape index (κ3) is 4.03. The molecule has 0 amide bonds. The Bertz CT molecular complexity index is 1060. The smallest absolute Gasteiger partial charge is 0.119 e. The van der Waals surface area contributed by atoms with Gasteiger partial charge < -0.3 is 10.2 Å². The Morgan fingerprint density at radius 1 is 0.552 bits per heavy atom. The lowest BCUT2D eigenvalue weighted by atomic mass is 9.87. The van der Waals surface area contributed by atoms with Crippen LogP contribution in [-0.4, -0.2) is 10.2 Å². The Labute approximate surface area is 174 Å². The number of rotatable bonds is 4. The maximum absolute atomic E-state index is 10.4. The molecule has 3 rings (SSSR count). The second kappa shape index (κ2) is 7.94. The zero-order valence-electron chi connectivity index (χ0n) is 18.6. The minimum absolute atomic E-state index is 0.255. The lowest BCUT2D eigenvalue weighted by Gasteiger charge is -2.18. The van der Waals surface area contributed by atoms with E-state index in [2.05, 4.69) is 65.0 Å². The molecule has 0 atom stereocenters. The third-order valence-electron chi connectivity index (χ3n) is 5.83. The number of aryl methyl sites for hydroxylation is 3. The highest BCUT2D eigenvalue weighted by molar-refractivity contribution is 5.80. The minimum Gasteiger partial charge on any atom is -0.508 e. The van der Waals surface area contributed by atoms with Gasteiger partial charge in [0.25, 0.3) is 0 Å². The van der Waals surface area contributed by atoms with E-state index >= 15 is 0 Å². The molecule has 0 radical (unpaired) electrons. The summed E-state index contributed by atoms with van der Waals surface area (Å²) in [6, 6.07) is 14.5. The molecule has 0 aliphatic heterocycles. The van der Waals surface area contributed by atoms with E-state index in [9.17, 15) is 10.2 Å². The number of phenolic OH excluding ortho intramolecular Hbond substituents is 2. The van der Waals surface area contributed by atoms with Crippen molar-refractivity contribution >= 4 is 0 Å². The Morgan fingerprint density at radius 2 is 1.00 bits per heavy atom. The zero-order valence-corrected chi connectivity index (χ0v) is 18.6. The molecule has 0 aliphatic rings. The van der Waals surface area contributed by atoms with Gasteiger partial charge in [0.2, 0.25) is 0 Å². The normalized spacial score (nSPS) is 11.5. The van der Waals surface area contributed by atoms with Gasteiger partial charge in [0.05, 0.1) is 0 Å². The SMILES string of the molecule is Cc1cc(O)c(C(C)C)cc1-c1ccc(C)c(-c2cc(C(C)C)c(O)cc2C)c1. The van der Waals surface area contributed by atoms with E-state index in [1.807, 2.05) is 26.0 Å². The van der Waals surface area contributed by atoms with Gasteiger partial charge in [-0.1, -0.05) is 39.8 Å². The molecule has 2 heteroatoms. The molecule has 0 bridgehead atoms. The van der Waals surface area contributed by atoms with Crippen molar-refractivity contribution in [3.05, 3.63) is 70.3 Å². The molecule has 0 fully saturated rings. The lowest BCUT2D eigenvalue weighted by molar-refractivity contribution is 0.464. The predicted octanol–water partition coefficient (Wildman–Crippen LogP) is 7.60. The van der Waals surface area contributed by atoms with Crippen molar-refractivity contribution in [2.24, 2.45) is 0 Å². The van der Waals surface area contributed by atoms with Crippen molar-refractivity contribution in [2.75, 3.05) is 0 Å². The first-order chi connectivity index (χ1) is 13.6. The fourth-order valence-corrected chi connectivity index (χ4v) is 4.02. The van der Waals surface area contributed by atoms with Crippen molar-refractivity contribution in [3.8, 4) is 33.8 Å². The predicted molar refractivity (Wildman–Crippen MR) is 123 cm³/mol. The Balaban J connectivity index is 2.21. The molecule has 152 valence electrons. The van der Waals surface area contributed by atoms with Crippen molar-refractivity contribution in [1.29, 1.82) is 0 Å². The molecule has 2 nitrogen and oxygen atoms in total. The van der Waals surface area contributed by atoms with E-state index in [1.54, 1.807) is 0 Å². The molecular formula is C27H32O2. The van der Waals surface area contributed by atoms with Crippen LogP contribution in [0, 0.1) is 20.8 Å². The van der Waals surface area contributed by atoms with Crippen molar-refractivity contribution in [3.63, 3.8) is 0 Å². The fraction of sp³-hybridized carbons (Fsp3) is 0.333. The van der Waals surface area contributed by atoms with Crippen molar-refractivity contribution in [2.45, 2.75) is 60.3 Å². The molecule has 0 aromatic heterocycles. The Hall–Kier alpha value is -2.74. The summed E-state index contributed by atoms with van der Waals surface area (Å²) in [5.41, 5.74) is 9.90. The average Bonchev–Trinajstić information content (AvgIpc) is 2.62. The van der Waals surface area contributed by atoms with Crippen LogP contribution in [0.3, 0.4) is 0 Å². The van der Waals surface area contributed by atoms with Gasteiger partial charge in [-0.15, -0.1) is 0 Å². The summed E-state index contributed by atoms with van der Waals surface area (Å²) in [5, 5.41) is 20.7. The summed E-state index contributed by atoms with van der Waals surface area (Å²) in [7, 11) is 0. The molecule has 0 spiro atoms. The lowest BCUT2D eigenvalue weighted by Crippen LogP contribution is -1.96. The summed E-state index contributed by atoms with van der Waals surface area (Å²) in [4.78, 5) is 0. The van der Waals surface area contributed by atoms with Crippen LogP contribution in [-0.2, 0) is 0 Å². The highest BCUT2D eigenvalue weighted by Crippen LogP contribution is 2.39. The summed E-state index contributed by atoms with van der Waals surface area (Å²) < 4.78 is 0. The van der Waals surface area contributed by atoms with Gasteiger partial charge in [-0.2, -0.15) is 0 Å². The van der Waals surface area contributed by atoms with Gasteiger partial charge >= 0.3 is 0 Å². The molecule has 29 heavy (non-hydrogen) atoms. The zero-order chi connectivity index (χ0) is 21.5. The van der Waals surface area contributed by atoms with Crippen LogP contribution < -0.4 is 0 Å². The summed E-state index contributed by atoms with van der Waals surface area (Å²) in [6.45, 7) is 14.6. The van der Waals surface area contributed by atoms with Gasteiger partial charge in [0.15, 0.2) is 0 Å². The van der Waals surface area contributed by atoms with Crippen LogP contribution in [0.5, 0.6) is 11.5 Å². The molecule has 0 aliphatic carbocycles. The van der Waals surface area contributed by atoms with E-state index in [1.165, 1.54) is 11.1 Å². The van der Waals surface area contributed by atoms with E-state index in [0.29, 0.717) is 11.5 Å². The molecule has 0 unspecified atom stereocenters. The van der Waals surface area contributed by atoms with Gasteiger partial charge in [0, 0.05) is 0 Å². The summed E-state index contributed by atoms with van der Waals surface area (Å²) in [6.07, 6.45) is 0. The van der Waals surface area contributed by atoms with Crippen LogP contribution in [0.1, 0.15) is 67.3 Å². The second-order valence-corrected chi connectivity index (χ2v) is 8.79. The van der Waals surface area contributed by atoms with Crippen molar-refractivity contribution < 1.29 is 10.2 Å². The maximum atomic E-state index is 10.4. The fourth-order valence-electron chi connectivity index (χ4n) is 4.02. The van der Waals surface area contributed by atoms with E-state index in [0.717, 1.165) is 38.9 Å². The third-order valence-corrected chi connectivity index (χ3v) is 5.83. The Kier molecular flexibility index (Phi) is 5.75. The first-order valence-corrected chi connectivity index (χ1v) is 10.4. The van der Waals surface area contributed by atoms with Gasteiger partial charge in [-0.3, -0.25) is 0 Å². The molecule has 2 N–H and O–H groups in total. The average molecular weight is 389 g/mol. The standard InChI is InChI=1S/C27H32O2/c1-15(2)21-13-23(18(6)10-26(21)28)20-9-8-17(5)24(12-20)25-14-22(16(3)4)27(29)11-19(25)7/h8-16,28-29H,1-7H3. The first kappa shape index (κ1) is 21.0. The van der Waals surface area contributed by atoms with Crippen LogP contribution in [0.25, 0.3) is 22.3 Å². The topological polar surface area (TPSA) is 40.5 Å². The van der Waals surface area contributed by atoms with Crippen LogP contribution >= 0.6 is 0 Å². The largest absolute Gasteiger partial charge is 0.508 e. The minimum atomic E-state index is 0.255. The molecule has 0 saturated carbocycles. The van der Waals surface area contributed by atoms with E-state index in [4.69, 9.17) is 0 Å². The van der Waals surface area contributed by atoms with E-state index in [-0.39, 0.29) is 11.8 Å². The molecular weight excluding hydrogens is 356 g/mol. The maximum Gasteiger partial charge on any atom is 0.119 e.